The summed E-state index contributed by atoms with van der Waals surface area (Å²) in [7, 11) is 0. The summed E-state index contributed by atoms with van der Waals surface area (Å²) in [5.41, 5.74) is 2.48. The minimum atomic E-state index is -2.22. The van der Waals surface area contributed by atoms with Crippen LogP contribution in [-0.4, -0.2) is 63.1 Å². The van der Waals surface area contributed by atoms with Crippen molar-refractivity contribution in [3.8, 4) is 0 Å². The molecule has 2 rings (SSSR count). The van der Waals surface area contributed by atoms with Gasteiger partial charge in [-0.05, 0) is 19.1 Å². The number of anilines is 1. The topological polar surface area (TPSA) is 174 Å². The molecule has 160 valence electrons. The molecule has 0 radical (unpaired) electrons. The fourth-order valence-corrected chi connectivity index (χ4v) is 2.94. The maximum atomic E-state index is 13.6. The summed E-state index contributed by atoms with van der Waals surface area (Å²) >= 11 is 0. The number of aliphatic hydroxyl groups is 3. The highest BCUT2D eigenvalue weighted by atomic mass is 19.1. The van der Waals surface area contributed by atoms with Crippen molar-refractivity contribution in [1.29, 1.82) is 0 Å². The van der Waals surface area contributed by atoms with Gasteiger partial charge in [0.1, 0.15) is 29.4 Å². The van der Waals surface area contributed by atoms with Gasteiger partial charge in [-0.2, -0.15) is 0 Å². The molecule has 8 N–H and O–H groups in total. The molecule has 0 heterocycles. The summed E-state index contributed by atoms with van der Waals surface area (Å²) in [5, 5.41) is 37.2. The number of nitrogens with one attached hydrogen (secondary N) is 3. The van der Waals surface area contributed by atoms with Crippen LogP contribution in [0.1, 0.15) is 19.8 Å². The molecule has 1 aromatic carbocycles. The highest BCUT2D eigenvalue weighted by molar-refractivity contribution is 5.91. The molecule has 29 heavy (non-hydrogen) atoms. The van der Waals surface area contributed by atoms with Crippen molar-refractivity contribution in [1.82, 2.24) is 10.6 Å². The van der Waals surface area contributed by atoms with Gasteiger partial charge in [-0.3, -0.25) is 9.59 Å². The Morgan fingerprint density at radius 3 is 2.48 bits per heavy atom. The molecule has 4 amide bonds. The van der Waals surface area contributed by atoms with E-state index in [1.165, 1.54) is 6.92 Å². The Morgan fingerprint density at radius 1 is 1.24 bits per heavy atom. The minimum Gasteiger partial charge on any atom is -0.390 e. The number of carbonyl (C=O) groups is 3. The number of hydrogen-bond acceptors (Lipinski definition) is 6. The number of rotatable bonds is 5. The number of primary amides is 1. The van der Waals surface area contributed by atoms with Gasteiger partial charge in [0.05, 0.1) is 17.8 Å². The lowest BCUT2D eigenvalue weighted by Gasteiger charge is -2.41. The van der Waals surface area contributed by atoms with Gasteiger partial charge in [-0.15, -0.1) is 0 Å². The Labute approximate surface area is 164 Å². The van der Waals surface area contributed by atoms with Crippen LogP contribution in [0.5, 0.6) is 0 Å². The van der Waals surface area contributed by atoms with E-state index in [1.54, 1.807) is 0 Å². The third kappa shape index (κ3) is 5.37. The van der Waals surface area contributed by atoms with Crippen molar-refractivity contribution in [2.45, 2.75) is 49.7 Å². The smallest absolute Gasteiger partial charge is 0.319 e. The molecule has 1 fully saturated rings. The van der Waals surface area contributed by atoms with Crippen LogP contribution in [0.3, 0.4) is 0 Å². The molecule has 12 heteroatoms. The van der Waals surface area contributed by atoms with Gasteiger partial charge < -0.3 is 37.0 Å². The first kappa shape index (κ1) is 22.5. The fraction of sp³-hybridized carbons (Fsp3) is 0.471. The van der Waals surface area contributed by atoms with Gasteiger partial charge in [0, 0.05) is 18.9 Å². The zero-order valence-corrected chi connectivity index (χ0v) is 15.4. The van der Waals surface area contributed by atoms with Crippen molar-refractivity contribution in [2.75, 3.05) is 5.32 Å². The van der Waals surface area contributed by atoms with Crippen LogP contribution < -0.4 is 21.7 Å². The van der Waals surface area contributed by atoms with E-state index in [4.69, 9.17) is 5.73 Å². The second-order valence-electron chi connectivity index (χ2n) is 6.92. The summed E-state index contributed by atoms with van der Waals surface area (Å²) < 4.78 is 26.6. The molecule has 0 aliphatic heterocycles. The number of benzene rings is 1. The van der Waals surface area contributed by atoms with E-state index in [2.05, 4.69) is 16.0 Å². The van der Waals surface area contributed by atoms with Crippen LogP contribution in [0, 0.1) is 11.6 Å². The van der Waals surface area contributed by atoms with Crippen molar-refractivity contribution >= 4 is 23.5 Å². The van der Waals surface area contributed by atoms with Gasteiger partial charge in [0.2, 0.25) is 5.91 Å². The lowest BCUT2D eigenvalue weighted by molar-refractivity contribution is -0.158. The van der Waals surface area contributed by atoms with E-state index in [0.717, 1.165) is 12.1 Å². The van der Waals surface area contributed by atoms with E-state index in [1.807, 2.05) is 0 Å². The maximum absolute atomic E-state index is 13.6. The Bertz CT molecular complexity index is 810. The second kappa shape index (κ2) is 8.68. The summed E-state index contributed by atoms with van der Waals surface area (Å²) in [5.74, 6) is -3.76. The van der Waals surface area contributed by atoms with Crippen LogP contribution >= 0.6 is 0 Å². The zero-order chi connectivity index (χ0) is 21.9. The molecule has 0 unspecified atom stereocenters. The quantitative estimate of drug-likeness (QED) is 0.314. The molecule has 1 aromatic rings. The number of carbonyl (C=O) groups excluding carboxylic acids is 3. The zero-order valence-electron chi connectivity index (χ0n) is 15.4. The van der Waals surface area contributed by atoms with Crippen molar-refractivity contribution in [3.05, 3.63) is 29.8 Å². The lowest BCUT2D eigenvalue weighted by atomic mass is 9.77. The fourth-order valence-electron chi connectivity index (χ4n) is 2.94. The molecule has 5 atom stereocenters. The molecule has 0 saturated heterocycles. The van der Waals surface area contributed by atoms with Gasteiger partial charge in [-0.1, -0.05) is 0 Å². The van der Waals surface area contributed by atoms with Gasteiger partial charge >= 0.3 is 6.03 Å². The molecule has 10 nitrogen and oxygen atoms in total. The predicted octanol–water partition coefficient (Wildman–Crippen LogP) is -1.31. The summed E-state index contributed by atoms with van der Waals surface area (Å²) in [6.07, 6.45) is -4.20. The number of amides is 4. The third-order valence-electron chi connectivity index (χ3n) is 4.60. The van der Waals surface area contributed by atoms with Crippen LogP contribution in [0.25, 0.3) is 0 Å². The number of hydrogen-bond donors (Lipinski definition) is 7. The molecule has 0 bridgehead atoms. The SMILES string of the molecule is C[C@@H](NC(=O)[C@]1(O)C[C@@H](O)[C@H](O)[C@@H](NC(=O)Nc2ccc(F)cc2F)C1)C(N)=O. The Hall–Kier alpha value is -2.83. The number of aliphatic hydroxyl groups excluding tert-OH is 2. The Kier molecular flexibility index (Phi) is 6.72. The molecular formula is C17H22F2N4O6. The molecule has 1 aliphatic carbocycles. The Morgan fingerprint density at radius 2 is 1.90 bits per heavy atom. The molecule has 1 saturated carbocycles. The molecule has 1 aliphatic rings. The van der Waals surface area contributed by atoms with Gasteiger partial charge in [0.25, 0.3) is 5.91 Å². The van der Waals surface area contributed by atoms with E-state index >= 15 is 0 Å². The lowest BCUT2D eigenvalue weighted by Crippen LogP contribution is -2.64. The summed E-state index contributed by atoms with van der Waals surface area (Å²) in [4.78, 5) is 35.5. The average Bonchev–Trinajstić information content (AvgIpc) is 2.61. The maximum Gasteiger partial charge on any atom is 0.319 e. The van der Waals surface area contributed by atoms with E-state index in [-0.39, 0.29) is 5.69 Å². The van der Waals surface area contributed by atoms with Crippen LogP contribution in [0.4, 0.5) is 19.3 Å². The molecule has 0 spiro atoms. The van der Waals surface area contributed by atoms with Crippen LogP contribution in [0.2, 0.25) is 0 Å². The number of halogens is 2. The van der Waals surface area contributed by atoms with Crippen LogP contribution in [0.15, 0.2) is 18.2 Å². The molecule has 0 aromatic heterocycles. The number of urea groups is 1. The highest BCUT2D eigenvalue weighted by Gasteiger charge is 2.49. The van der Waals surface area contributed by atoms with E-state index < -0.39 is 72.2 Å². The van der Waals surface area contributed by atoms with E-state index in [9.17, 15) is 38.5 Å². The van der Waals surface area contributed by atoms with Crippen LogP contribution in [-0.2, 0) is 9.59 Å². The monoisotopic (exact) mass is 416 g/mol. The van der Waals surface area contributed by atoms with Gasteiger partial charge in [-0.25, -0.2) is 13.6 Å². The van der Waals surface area contributed by atoms with E-state index in [0.29, 0.717) is 6.07 Å². The number of nitrogens with two attached hydrogens (primary N) is 1. The second-order valence-corrected chi connectivity index (χ2v) is 6.92. The third-order valence-corrected chi connectivity index (χ3v) is 4.60. The summed E-state index contributed by atoms with van der Waals surface area (Å²) in [6, 6.07) is -0.986. The first-order chi connectivity index (χ1) is 13.4. The van der Waals surface area contributed by atoms with Crippen molar-refractivity contribution < 1.29 is 38.5 Å². The Balaban J connectivity index is 2.09. The van der Waals surface area contributed by atoms with Gasteiger partial charge in [0.15, 0.2) is 0 Å². The predicted molar refractivity (Wildman–Crippen MR) is 95.3 cm³/mol. The average molecular weight is 416 g/mol. The first-order valence-corrected chi connectivity index (χ1v) is 8.64. The highest BCUT2D eigenvalue weighted by Crippen LogP contribution is 2.30. The minimum absolute atomic E-state index is 0.349. The normalized spacial score (nSPS) is 27.6. The van der Waals surface area contributed by atoms with Crippen molar-refractivity contribution in [3.63, 3.8) is 0 Å². The standard InChI is InChI=1S/C17H22F2N4O6/c1-7(14(20)26)21-15(27)17(29)5-11(13(25)12(24)6-17)23-16(28)22-10-3-2-8(18)4-9(10)19/h2-4,7,11-13,24-25,29H,5-6H2,1H3,(H2,20,26)(H,21,27)(H2,22,23,28)/t7-,11+,12-,13-,17-/m1/s1. The first-order valence-electron chi connectivity index (χ1n) is 8.64. The largest absolute Gasteiger partial charge is 0.390 e. The summed E-state index contributed by atoms with van der Waals surface area (Å²) in [6.45, 7) is 1.29. The van der Waals surface area contributed by atoms with Crippen molar-refractivity contribution in [2.24, 2.45) is 5.73 Å². The molecular weight excluding hydrogens is 394 g/mol.